The van der Waals surface area contributed by atoms with Crippen molar-refractivity contribution in [1.82, 2.24) is 10.4 Å². The summed E-state index contributed by atoms with van der Waals surface area (Å²) in [5, 5.41) is 2.49. The number of hydrazine groups is 1. The van der Waals surface area contributed by atoms with Crippen LogP contribution in [0.5, 0.6) is 5.75 Å². The highest BCUT2D eigenvalue weighted by Crippen LogP contribution is 2.43. The lowest BCUT2D eigenvalue weighted by atomic mass is 9.95. The molecule has 1 amide bonds. The number of fused-ring (bicyclic) bond motifs is 1. The van der Waals surface area contributed by atoms with Gasteiger partial charge in [-0.1, -0.05) is 18.2 Å². The second kappa shape index (κ2) is 6.65. The number of benzene rings is 2. The molecule has 1 aliphatic heterocycles. The molecular weight excluding hydrogens is 369 g/mol. The Bertz CT molecular complexity index is 901. The summed E-state index contributed by atoms with van der Waals surface area (Å²) in [4.78, 5) is 11.8. The maximum atomic E-state index is 14.0. The van der Waals surface area contributed by atoms with E-state index in [1.54, 1.807) is 32.0 Å². The van der Waals surface area contributed by atoms with E-state index in [4.69, 9.17) is 4.74 Å². The van der Waals surface area contributed by atoms with Gasteiger partial charge in [0.15, 0.2) is 6.04 Å². The molecule has 1 aliphatic rings. The summed E-state index contributed by atoms with van der Waals surface area (Å²) in [7, 11) is 0. The van der Waals surface area contributed by atoms with E-state index in [9.17, 15) is 18.0 Å². The fourth-order valence-corrected chi connectivity index (χ4v) is 3.53. The van der Waals surface area contributed by atoms with Gasteiger partial charge in [-0.15, -0.1) is 0 Å². The van der Waals surface area contributed by atoms with Crippen molar-refractivity contribution >= 4 is 16.7 Å². The Hall–Kier alpha value is -2.28. The van der Waals surface area contributed by atoms with Crippen LogP contribution in [-0.4, -0.2) is 28.2 Å². The smallest absolute Gasteiger partial charge is 0.409 e. The van der Waals surface area contributed by atoms with E-state index in [2.05, 4.69) is 5.43 Å². The lowest BCUT2D eigenvalue weighted by molar-refractivity contribution is -0.203. The van der Waals surface area contributed by atoms with Gasteiger partial charge >= 0.3 is 6.18 Å². The summed E-state index contributed by atoms with van der Waals surface area (Å²) in [6, 6.07) is 8.07. The first-order chi connectivity index (χ1) is 12.8. The molecule has 1 fully saturated rings. The molecule has 7 heteroatoms. The van der Waals surface area contributed by atoms with E-state index in [0.29, 0.717) is 11.1 Å². The van der Waals surface area contributed by atoms with Crippen LogP contribution >= 0.6 is 0 Å². The minimum atomic E-state index is -4.55. The maximum absolute atomic E-state index is 14.0. The van der Waals surface area contributed by atoms with Gasteiger partial charge in [0.1, 0.15) is 11.4 Å². The molecule has 28 heavy (non-hydrogen) atoms. The highest BCUT2D eigenvalue weighted by molar-refractivity contribution is 5.85. The van der Waals surface area contributed by atoms with Crippen LogP contribution in [-0.2, 0) is 4.79 Å². The Morgan fingerprint density at radius 1 is 1.07 bits per heavy atom. The number of nitrogens with zero attached hydrogens (tertiary/aromatic N) is 1. The first-order valence-electron chi connectivity index (χ1n) is 9.15. The van der Waals surface area contributed by atoms with Crippen LogP contribution in [0, 0.1) is 0 Å². The van der Waals surface area contributed by atoms with E-state index in [0.717, 1.165) is 10.4 Å². The second-order valence-corrected chi connectivity index (χ2v) is 8.82. The number of hydrogen-bond donors (Lipinski definition) is 1. The van der Waals surface area contributed by atoms with Crippen molar-refractivity contribution in [3.8, 4) is 5.75 Å². The van der Waals surface area contributed by atoms with Gasteiger partial charge in [-0.25, -0.2) is 0 Å². The predicted molar refractivity (Wildman–Crippen MR) is 102 cm³/mol. The van der Waals surface area contributed by atoms with Crippen molar-refractivity contribution in [2.45, 2.75) is 64.4 Å². The van der Waals surface area contributed by atoms with Crippen LogP contribution in [0.4, 0.5) is 13.2 Å². The molecule has 1 unspecified atom stereocenters. The van der Waals surface area contributed by atoms with Gasteiger partial charge in [-0.3, -0.25) is 10.2 Å². The lowest BCUT2D eigenvalue weighted by Gasteiger charge is -2.38. The minimum Gasteiger partial charge on any atom is -0.488 e. The predicted octanol–water partition coefficient (Wildman–Crippen LogP) is 5.14. The Balaban J connectivity index is 2.06. The summed E-state index contributed by atoms with van der Waals surface area (Å²) in [6.07, 6.45) is -4.54. The summed E-state index contributed by atoms with van der Waals surface area (Å²) in [5.74, 6) is 0.177. The largest absolute Gasteiger partial charge is 0.488 e. The van der Waals surface area contributed by atoms with Crippen molar-refractivity contribution in [2.24, 2.45) is 0 Å². The van der Waals surface area contributed by atoms with Gasteiger partial charge in [0.2, 0.25) is 5.91 Å². The number of amides is 1. The molecule has 0 radical (unpaired) electrons. The third-order valence-corrected chi connectivity index (χ3v) is 4.63. The number of rotatable bonds is 3. The van der Waals surface area contributed by atoms with Gasteiger partial charge < -0.3 is 4.74 Å². The monoisotopic (exact) mass is 394 g/mol. The number of halogens is 3. The van der Waals surface area contributed by atoms with Gasteiger partial charge in [0, 0.05) is 12.0 Å². The Labute approximate surface area is 162 Å². The zero-order valence-corrected chi connectivity index (χ0v) is 16.6. The van der Waals surface area contributed by atoms with Crippen molar-refractivity contribution in [3.05, 3.63) is 42.0 Å². The molecule has 1 saturated heterocycles. The number of hydrogen-bond acceptors (Lipinski definition) is 3. The fourth-order valence-electron chi connectivity index (χ4n) is 3.53. The van der Waals surface area contributed by atoms with Crippen LogP contribution in [0.3, 0.4) is 0 Å². The zero-order valence-electron chi connectivity index (χ0n) is 16.6. The average molecular weight is 394 g/mol. The van der Waals surface area contributed by atoms with Crippen LogP contribution < -0.4 is 10.2 Å². The van der Waals surface area contributed by atoms with Gasteiger partial charge in [-0.2, -0.15) is 18.2 Å². The molecule has 1 heterocycles. The number of carbonyl (C=O) groups excluding carboxylic acids is 1. The van der Waals surface area contributed by atoms with E-state index in [-0.39, 0.29) is 12.0 Å². The summed E-state index contributed by atoms with van der Waals surface area (Å²) >= 11 is 0. The zero-order chi connectivity index (χ0) is 20.9. The van der Waals surface area contributed by atoms with Crippen LogP contribution in [0.1, 0.15) is 52.6 Å². The number of carbonyl (C=O) groups is 1. The van der Waals surface area contributed by atoms with Crippen molar-refractivity contribution < 1.29 is 22.7 Å². The first-order valence-corrected chi connectivity index (χ1v) is 9.15. The topological polar surface area (TPSA) is 41.6 Å². The summed E-state index contributed by atoms with van der Waals surface area (Å²) in [5.41, 5.74) is 1.09. The van der Waals surface area contributed by atoms with Crippen LogP contribution in [0.15, 0.2) is 36.4 Å². The first kappa shape index (κ1) is 20.5. The van der Waals surface area contributed by atoms with Crippen LogP contribution in [0.2, 0.25) is 0 Å². The average Bonchev–Trinajstić information content (AvgIpc) is 2.76. The third kappa shape index (κ3) is 4.24. The Morgan fingerprint density at radius 2 is 1.71 bits per heavy atom. The number of nitrogens with one attached hydrogen (secondary N) is 1. The molecule has 2 aromatic carbocycles. The van der Waals surface area contributed by atoms with Crippen LogP contribution in [0.25, 0.3) is 10.8 Å². The second-order valence-electron chi connectivity index (χ2n) is 8.82. The number of alkyl halides is 3. The summed E-state index contributed by atoms with van der Waals surface area (Å²) in [6.45, 7) is 8.97. The Morgan fingerprint density at radius 3 is 2.25 bits per heavy atom. The molecule has 2 aromatic rings. The highest BCUT2D eigenvalue weighted by atomic mass is 19.4. The molecular formula is C21H25F3N2O2. The molecule has 1 N–H and O–H groups in total. The molecule has 0 spiro atoms. The minimum absolute atomic E-state index is 0.0106. The fraction of sp³-hybridized carbons (Fsp3) is 0.476. The summed E-state index contributed by atoms with van der Waals surface area (Å²) < 4.78 is 47.9. The number of ether oxygens (including phenoxy) is 1. The molecule has 0 aliphatic carbocycles. The molecule has 4 nitrogen and oxygen atoms in total. The third-order valence-electron chi connectivity index (χ3n) is 4.63. The molecule has 3 rings (SSSR count). The van der Waals surface area contributed by atoms with Crippen molar-refractivity contribution in [1.29, 1.82) is 0 Å². The van der Waals surface area contributed by atoms with E-state index in [1.165, 1.54) is 12.1 Å². The maximum Gasteiger partial charge on any atom is 0.409 e. The van der Waals surface area contributed by atoms with Crippen molar-refractivity contribution in [2.75, 3.05) is 0 Å². The molecule has 1 atom stereocenters. The molecule has 0 bridgehead atoms. The van der Waals surface area contributed by atoms with E-state index >= 15 is 0 Å². The Kier molecular flexibility index (Phi) is 4.86. The lowest BCUT2D eigenvalue weighted by Crippen LogP contribution is -2.51. The highest BCUT2D eigenvalue weighted by Gasteiger charge is 2.52. The standard InChI is InChI=1S/C21H25F3N2O2/c1-19(2,3)28-16-9-8-13-6-7-14(10-15(13)11-16)18(21(22,23)24)26-20(4,5)12-17(27)25-26/h6-11,18H,12H2,1-5H3,(H,25,27). The normalized spacial score (nSPS) is 18.9. The van der Waals surface area contributed by atoms with Crippen molar-refractivity contribution in [3.63, 3.8) is 0 Å². The molecule has 0 saturated carbocycles. The van der Waals surface area contributed by atoms with Gasteiger partial charge in [-0.05, 0) is 69.2 Å². The molecule has 0 aromatic heterocycles. The van der Waals surface area contributed by atoms with Gasteiger partial charge in [0.25, 0.3) is 0 Å². The van der Waals surface area contributed by atoms with E-state index in [1.807, 2.05) is 26.8 Å². The van der Waals surface area contributed by atoms with E-state index < -0.39 is 29.3 Å². The molecule has 152 valence electrons. The quantitative estimate of drug-likeness (QED) is 0.784. The SMILES string of the molecule is CC(C)(C)Oc1ccc2ccc(C(N3NC(=O)CC3(C)C)C(F)(F)F)cc2c1. The van der Waals surface area contributed by atoms with Gasteiger partial charge in [0.05, 0.1) is 0 Å².